The van der Waals surface area contributed by atoms with Crippen molar-refractivity contribution in [3.63, 3.8) is 0 Å². The van der Waals surface area contributed by atoms with Gasteiger partial charge in [-0.25, -0.2) is 13.1 Å². The molecular formula is C20H26N2O4S. The Morgan fingerprint density at radius 2 is 1.78 bits per heavy atom. The van der Waals surface area contributed by atoms with Crippen molar-refractivity contribution in [2.75, 3.05) is 20.3 Å². The number of rotatable bonds is 8. The zero-order chi connectivity index (χ0) is 20.0. The highest BCUT2D eigenvalue weighted by Crippen LogP contribution is 2.16. The number of benzene rings is 2. The Morgan fingerprint density at radius 1 is 1.04 bits per heavy atom. The van der Waals surface area contributed by atoms with Gasteiger partial charge in [0, 0.05) is 25.8 Å². The molecule has 2 N–H and O–H groups in total. The number of hydrogen-bond donors (Lipinski definition) is 2. The zero-order valence-electron chi connectivity index (χ0n) is 16.1. The SMILES string of the molecule is COCCNS(=O)(=O)c1ccc(C)c(C(=O)NCc2ccc(C)cc2C)c1. The molecule has 1 amide bonds. The van der Waals surface area contributed by atoms with Gasteiger partial charge in [0.1, 0.15) is 0 Å². The van der Waals surface area contributed by atoms with E-state index in [1.807, 2.05) is 26.0 Å². The number of methoxy groups -OCH3 is 1. The van der Waals surface area contributed by atoms with Crippen molar-refractivity contribution in [2.45, 2.75) is 32.2 Å². The van der Waals surface area contributed by atoms with Crippen molar-refractivity contribution >= 4 is 15.9 Å². The van der Waals surface area contributed by atoms with Crippen molar-refractivity contribution in [3.05, 3.63) is 64.2 Å². The number of nitrogens with one attached hydrogen (secondary N) is 2. The molecule has 0 bridgehead atoms. The van der Waals surface area contributed by atoms with E-state index >= 15 is 0 Å². The molecule has 0 aliphatic carbocycles. The average Bonchev–Trinajstić information content (AvgIpc) is 2.61. The molecule has 0 aliphatic rings. The first-order valence-corrected chi connectivity index (χ1v) is 10.2. The van der Waals surface area contributed by atoms with Crippen molar-refractivity contribution in [2.24, 2.45) is 0 Å². The van der Waals surface area contributed by atoms with E-state index in [1.165, 1.54) is 19.2 Å². The summed E-state index contributed by atoms with van der Waals surface area (Å²) in [5.74, 6) is -0.304. The number of carbonyl (C=O) groups is 1. The second kappa shape index (κ2) is 9.12. The van der Waals surface area contributed by atoms with Crippen LogP contribution in [-0.4, -0.2) is 34.6 Å². The summed E-state index contributed by atoms with van der Waals surface area (Å²) in [5, 5.41) is 2.87. The van der Waals surface area contributed by atoms with Crippen LogP contribution >= 0.6 is 0 Å². The molecule has 0 atom stereocenters. The van der Waals surface area contributed by atoms with E-state index in [1.54, 1.807) is 13.0 Å². The minimum atomic E-state index is -3.69. The van der Waals surface area contributed by atoms with Crippen molar-refractivity contribution in [1.29, 1.82) is 0 Å². The minimum absolute atomic E-state index is 0.0564. The van der Waals surface area contributed by atoms with E-state index < -0.39 is 10.0 Å². The van der Waals surface area contributed by atoms with E-state index in [-0.39, 0.29) is 24.0 Å². The maximum absolute atomic E-state index is 12.6. The van der Waals surface area contributed by atoms with Gasteiger partial charge in [-0.3, -0.25) is 4.79 Å². The summed E-state index contributed by atoms with van der Waals surface area (Å²) in [6, 6.07) is 10.6. The molecule has 0 radical (unpaired) electrons. The maximum atomic E-state index is 12.6. The number of sulfonamides is 1. The largest absolute Gasteiger partial charge is 0.383 e. The van der Waals surface area contributed by atoms with Gasteiger partial charge in [-0.2, -0.15) is 0 Å². The van der Waals surface area contributed by atoms with Crippen LogP contribution in [0, 0.1) is 20.8 Å². The van der Waals surface area contributed by atoms with Gasteiger partial charge in [0.2, 0.25) is 10.0 Å². The number of aryl methyl sites for hydroxylation is 3. The van der Waals surface area contributed by atoms with Crippen LogP contribution in [0.25, 0.3) is 0 Å². The molecule has 6 nitrogen and oxygen atoms in total. The van der Waals surface area contributed by atoms with Crippen LogP contribution in [-0.2, 0) is 21.3 Å². The summed E-state index contributed by atoms with van der Waals surface area (Å²) in [4.78, 5) is 12.7. The predicted molar refractivity (Wildman–Crippen MR) is 105 cm³/mol. The lowest BCUT2D eigenvalue weighted by Gasteiger charge is -2.12. The lowest BCUT2D eigenvalue weighted by molar-refractivity contribution is 0.0950. The van der Waals surface area contributed by atoms with Crippen LogP contribution in [0.3, 0.4) is 0 Å². The van der Waals surface area contributed by atoms with Crippen LogP contribution in [0.15, 0.2) is 41.3 Å². The van der Waals surface area contributed by atoms with Gasteiger partial charge >= 0.3 is 0 Å². The topological polar surface area (TPSA) is 84.5 Å². The average molecular weight is 391 g/mol. The first-order chi connectivity index (χ1) is 12.7. The standard InChI is InChI=1S/C20H26N2O4S/c1-14-5-7-17(16(3)11-14)13-21-20(23)19-12-18(8-6-15(19)2)27(24,25)22-9-10-26-4/h5-8,11-12,22H,9-10,13H2,1-4H3,(H,21,23). The summed E-state index contributed by atoms with van der Waals surface area (Å²) in [6.45, 7) is 6.62. The van der Waals surface area contributed by atoms with E-state index in [0.29, 0.717) is 17.7 Å². The monoisotopic (exact) mass is 390 g/mol. The lowest BCUT2D eigenvalue weighted by Crippen LogP contribution is -2.28. The fourth-order valence-electron chi connectivity index (χ4n) is 2.69. The fraction of sp³-hybridized carbons (Fsp3) is 0.350. The molecule has 0 spiro atoms. The Labute approximate surface area is 161 Å². The van der Waals surface area contributed by atoms with Gasteiger partial charge in [-0.1, -0.05) is 29.8 Å². The predicted octanol–water partition coefficient (Wildman–Crippen LogP) is 2.47. The lowest BCUT2D eigenvalue weighted by atomic mass is 10.1. The van der Waals surface area contributed by atoms with Gasteiger partial charge in [0.25, 0.3) is 5.91 Å². The highest BCUT2D eigenvalue weighted by Gasteiger charge is 2.17. The maximum Gasteiger partial charge on any atom is 0.251 e. The molecule has 2 rings (SSSR count). The minimum Gasteiger partial charge on any atom is -0.383 e. The number of amides is 1. The van der Waals surface area contributed by atoms with E-state index in [2.05, 4.69) is 16.1 Å². The Morgan fingerprint density at radius 3 is 2.44 bits per heavy atom. The quantitative estimate of drug-likeness (QED) is 0.678. The smallest absolute Gasteiger partial charge is 0.251 e. The van der Waals surface area contributed by atoms with E-state index in [9.17, 15) is 13.2 Å². The van der Waals surface area contributed by atoms with Crippen LogP contribution in [0.1, 0.15) is 32.6 Å². The second-order valence-corrected chi connectivity index (χ2v) is 8.25. The molecule has 2 aromatic carbocycles. The molecule has 0 saturated carbocycles. The third-order valence-electron chi connectivity index (χ3n) is 4.30. The third-order valence-corrected chi connectivity index (χ3v) is 5.76. The summed E-state index contributed by atoms with van der Waals surface area (Å²) in [7, 11) is -2.20. The summed E-state index contributed by atoms with van der Waals surface area (Å²) < 4.78 is 32.0. The summed E-state index contributed by atoms with van der Waals surface area (Å²) in [6.07, 6.45) is 0. The van der Waals surface area contributed by atoms with Crippen LogP contribution in [0.4, 0.5) is 0 Å². The highest BCUT2D eigenvalue weighted by atomic mass is 32.2. The number of ether oxygens (including phenoxy) is 1. The molecular weight excluding hydrogens is 364 g/mol. The molecule has 2 aromatic rings. The highest BCUT2D eigenvalue weighted by molar-refractivity contribution is 7.89. The Bertz CT molecular complexity index is 924. The van der Waals surface area contributed by atoms with Crippen molar-refractivity contribution in [3.8, 4) is 0 Å². The molecule has 27 heavy (non-hydrogen) atoms. The summed E-state index contributed by atoms with van der Waals surface area (Å²) in [5.41, 5.74) is 4.35. The molecule has 0 fully saturated rings. The van der Waals surface area contributed by atoms with Gasteiger partial charge in [0.05, 0.1) is 11.5 Å². The van der Waals surface area contributed by atoms with Crippen LogP contribution < -0.4 is 10.0 Å². The van der Waals surface area contributed by atoms with Gasteiger partial charge < -0.3 is 10.1 Å². The molecule has 0 aromatic heterocycles. The first kappa shape index (κ1) is 21.1. The Hall–Kier alpha value is -2.22. The van der Waals surface area contributed by atoms with Gasteiger partial charge in [0.15, 0.2) is 0 Å². The summed E-state index contributed by atoms with van der Waals surface area (Å²) >= 11 is 0. The normalized spacial score (nSPS) is 11.4. The number of hydrogen-bond acceptors (Lipinski definition) is 4. The molecule has 146 valence electrons. The van der Waals surface area contributed by atoms with Gasteiger partial charge in [-0.05, 0) is 49.6 Å². The molecule has 0 heterocycles. The van der Waals surface area contributed by atoms with Crippen LogP contribution in [0.2, 0.25) is 0 Å². The Balaban J connectivity index is 2.16. The second-order valence-electron chi connectivity index (χ2n) is 6.48. The van der Waals surface area contributed by atoms with E-state index in [0.717, 1.165) is 16.7 Å². The molecule has 0 saturated heterocycles. The Kier molecular flexibility index (Phi) is 7.12. The van der Waals surface area contributed by atoms with Gasteiger partial charge in [-0.15, -0.1) is 0 Å². The molecule has 0 unspecified atom stereocenters. The molecule has 0 aliphatic heterocycles. The fourth-order valence-corrected chi connectivity index (χ4v) is 3.73. The number of carbonyl (C=O) groups excluding carboxylic acids is 1. The zero-order valence-corrected chi connectivity index (χ0v) is 16.9. The van der Waals surface area contributed by atoms with Crippen molar-refractivity contribution in [1.82, 2.24) is 10.0 Å². The van der Waals surface area contributed by atoms with Crippen molar-refractivity contribution < 1.29 is 17.9 Å². The third kappa shape index (κ3) is 5.63. The molecule has 7 heteroatoms. The first-order valence-electron chi connectivity index (χ1n) is 8.68. The van der Waals surface area contributed by atoms with E-state index in [4.69, 9.17) is 4.74 Å². The van der Waals surface area contributed by atoms with Crippen LogP contribution in [0.5, 0.6) is 0 Å².